The molecule has 0 radical (unpaired) electrons. The summed E-state index contributed by atoms with van der Waals surface area (Å²) in [5.41, 5.74) is 1.69. The van der Waals surface area contributed by atoms with E-state index in [-0.39, 0.29) is 0 Å². The van der Waals surface area contributed by atoms with E-state index in [9.17, 15) is 0 Å². The topological polar surface area (TPSA) is 55.4 Å². The highest BCUT2D eigenvalue weighted by molar-refractivity contribution is 5.48. The van der Waals surface area contributed by atoms with Crippen molar-refractivity contribution < 1.29 is 28.4 Å². The van der Waals surface area contributed by atoms with E-state index in [1.807, 2.05) is 12.1 Å². The molecule has 0 saturated carbocycles. The lowest BCUT2D eigenvalue weighted by atomic mass is 9.98. The third-order valence-corrected chi connectivity index (χ3v) is 5.46. The van der Waals surface area contributed by atoms with Crippen molar-refractivity contribution >= 4 is 0 Å². The van der Waals surface area contributed by atoms with Gasteiger partial charge in [0.15, 0.2) is 12.6 Å². The van der Waals surface area contributed by atoms with Crippen molar-refractivity contribution in [3.63, 3.8) is 0 Å². The zero-order chi connectivity index (χ0) is 20.6. The Balaban J connectivity index is 1.68. The normalized spacial score (nSPS) is 19.2. The summed E-state index contributed by atoms with van der Waals surface area (Å²) in [4.78, 5) is 0. The molecule has 164 valence electrons. The number of methoxy groups -OCH3 is 1. The molecule has 6 heteroatoms. The van der Waals surface area contributed by atoms with E-state index >= 15 is 0 Å². The summed E-state index contributed by atoms with van der Waals surface area (Å²) >= 11 is 0. The van der Waals surface area contributed by atoms with E-state index in [2.05, 4.69) is 20.8 Å². The standard InChI is InChI=1S/C23H36O6/c1-16(2)6-5-7-17(3)8-9-25-21-15-18(22-26-10-11-27-22)20(24-4)14-19(21)23-28-12-13-29-23/h14-17,22-23H,5-13H2,1-4H3. The molecule has 29 heavy (non-hydrogen) atoms. The van der Waals surface area contributed by atoms with Gasteiger partial charge in [-0.25, -0.2) is 0 Å². The molecule has 1 unspecified atom stereocenters. The molecule has 2 fully saturated rings. The van der Waals surface area contributed by atoms with Gasteiger partial charge < -0.3 is 28.4 Å². The number of benzene rings is 1. The van der Waals surface area contributed by atoms with Crippen molar-refractivity contribution in [2.75, 3.05) is 40.1 Å². The largest absolute Gasteiger partial charge is 0.496 e. The smallest absolute Gasteiger partial charge is 0.187 e. The molecular weight excluding hydrogens is 372 g/mol. The van der Waals surface area contributed by atoms with Gasteiger partial charge in [-0.05, 0) is 30.4 Å². The van der Waals surface area contributed by atoms with Crippen LogP contribution in [0.15, 0.2) is 12.1 Å². The number of hydrogen-bond donors (Lipinski definition) is 0. The van der Waals surface area contributed by atoms with Crippen LogP contribution < -0.4 is 9.47 Å². The summed E-state index contributed by atoms with van der Waals surface area (Å²) in [6, 6.07) is 3.89. The van der Waals surface area contributed by atoms with E-state index in [0.717, 1.165) is 29.2 Å². The summed E-state index contributed by atoms with van der Waals surface area (Å²) in [5, 5.41) is 0. The third-order valence-electron chi connectivity index (χ3n) is 5.46. The summed E-state index contributed by atoms with van der Waals surface area (Å²) in [7, 11) is 1.65. The number of ether oxygens (including phenoxy) is 6. The monoisotopic (exact) mass is 408 g/mol. The van der Waals surface area contributed by atoms with Gasteiger partial charge in [0.25, 0.3) is 0 Å². The lowest BCUT2D eigenvalue weighted by molar-refractivity contribution is -0.0493. The molecular formula is C23H36O6. The minimum Gasteiger partial charge on any atom is -0.496 e. The van der Waals surface area contributed by atoms with Crippen LogP contribution in [0.1, 0.15) is 70.2 Å². The molecule has 0 N–H and O–H groups in total. The average Bonchev–Trinajstić information content (AvgIpc) is 3.41. The van der Waals surface area contributed by atoms with Crippen LogP contribution in [0.5, 0.6) is 11.5 Å². The molecule has 2 saturated heterocycles. The molecule has 2 heterocycles. The van der Waals surface area contributed by atoms with Gasteiger partial charge in [0.2, 0.25) is 0 Å². The molecule has 2 aliphatic rings. The van der Waals surface area contributed by atoms with Crippen molar-refractivity contribution in [1.29, 1.82) is 0 Å². The van der Waals surface area contributed by atoms with Crippen LogP contribution in [0.2, 0.25) is 0 Å². The van der Waals surface area contributed by atoms with Gasteiger partial charge in [0.1, 0.15) is 11.5 Å². The first-order valence-electron chi connectivity index (χ1n) is 10.9. The van der Waals surface area contributed by atoms with Crippen molar-refractivity contribution in [3.8, 4) is 11.5 Å². The van der Waals surface area contributed by atoms with E-state index in [4.69, 9.17) is 28.4 Å². The Morgan fingerprint density at radius 3 is 1.93 bits per heavy atom. The molecule has 2 aliphatic heterocycles. The van der Waals surface area contributed by atoms with E-state index in [1.165, 1.54) is 19.3 Å². The zero-order valence-electron chi connectivity index (χ0n) is 18.3. The first kappa shape index (κ1) is 22.3. The fourth-order valence-electron chi connectivity index (χ4n) is 3.73. The number of rotatable bonds is 11. The molecule has 6 nitrogen and oxygen atoms in total. The van der Waals surface area contributed by atoms with Crippen LogP contribution in [-0.2, 0) is 18.9 Å². The van der Waals surface area contributed by atoms with E-state index in [0.29, 0.717) is 44.7 Å². The molecule has 0 bridgehead atoms. The summed E-state index contributed by atoms with van der Waals surface area (Å²) in [6.45, 7) is 9.83. The highest BCUT2D eigenvalue weighted by atomic mass is 16.7. The van der Waals surface area contributed by atoms with Crippen LogP contribution in [0, 0.1) is 11.8 Å². The number of hydrogen-bond acceptors (Lipinski definition) is 6. The average molecular weight is 409 g/mol. The highest BCUT2D eigenvalue weighted by Crippen LogP contribution is 2.40. The Labute approximate surface area is 174 Å². The molecule has 1 atom stereocenters. The first-order chi connectivity index (χ1) is 14.1. The van der Waals surface area contributed by atoms with Crippen LogP contribution in [0.25, 0.3) is 0 Å². The molecule has 0 aliphatic carbocycles. The van der Waals surface area contributed by atoms with Crippen molar-refractivity contribution in [2.45, 2.75) is 59.0 Å². The maximum atomic E-state index is 6.22. The second-order valence-electron chi connectivity index (χ2n) is 8.35. The molecule has 1 aromatic carbocycles. The molecule has 0 spiro atoms. The molecule has 0 aromatic heterocycles. The van der Waals surface area contributed by atoms with Gasteiger partial charge in [0.05, 0.1) is 51.3 Å². The van der Waals surface area contributed by atoms with Gasteiger partial charge in [-0.2, -0.15) is 0 Å². The maximum absolute atomic E-state index is 6.22. The van der Waals surface area contributed by atoms with Gasteiger partial charge in [-0.3, -0.25) is 0 Å². The van der Waals surface area contributed by atoms with E-state index < -0.39 is 12.6 Å². The molecule has 3 rings (SSSR count). The van der Waals surface area contributed by atoms with Crippen LogP contribution in [0.3, 0.4) is 0 Å². The van der Waals surface area contributed by atoms with Crippen LogP contribution in [0.4, 0.5) is 0 Å². The van der Waals surface area contributed by atoms with E-state index in [1.54, 1.807) is 7.11 Å². The quantitative estimate of drug-likeness (QED) is 0.513. The molecule has 1 aromatic rings. The Kier molecular flexibility index (Phi) is 8.60. The Morgan fingerprint density at radius 1 is 0.828 bits per heavy atom. The minimum absolute atomic E-state index is 0.429. The summed E-state index contributed by atoms with van der Waals surface area (Å²) < 4.78 is 34.6. The van der Waals surface area contributed by atoms with Gasteiger partial charge in [-0.15, -0.1) is 0 Å². The van der Waals surface area contributed by atoms with Crippen LogP contribution >= 0.6 is 0 Å². The summed E-state index contributed by atoms with van der Waals surface area (Å²) in [6.07, 6.45) is 3.96. The van der Waals surface area contributed by atoms with Crippen molar-refractivity contribution in [1.82, 2.24) is 0 Å². The Morgan fingerprint density at radius 2 is 1.38 bits per heavy atom. The second-order valence-corrected chi connectivity index (χ2v) is 8.35. The van der Waals surface area contributed by atoms with Gasteiger partial charge >= 0.3 is 0 Å². The fourth-order valence-corrected chi connectivity index (χ4v) is 3.73. The Bertz CT molecular complexity index is 620. The second kappa shape index (κ2) is 11.2. The third kappa shape index (κ3) is 6.32. The lowest BCUT2D eigenvalue weighted by Crippen LogP contribution is -2.10. The predicted molar refractivity (Wildman–Crippen MR) is 110 cm³/mol. The first-order valence-corrected chi connectivity index (χ1v) is 10.9. The fraction of sp³-hybridized carbons (Fsp3) is 0.739. The van der Waals surface area contributed by atoms with Crippen molar-refractivity contribution in [3.05, 3.63) is 23.3 Å². The Hall–Kier alpha value is -1.34. The van der Waals surface area contributed by atoms with Gasteiger partial charge in [0, 0.05) is 0 Å². The lowest BCUT2D eigenvalue weighted by Gasteiger charge is -2.21. The summed E-state index contributed by atoms with van der Waals surface area (Å²) in [5.74, 6) is 2.85. The highest BCUT2D eigenvalue weighted by Gasteiger charge is 2.29. The maximum Gasteiger partial charge on any atom is 0.187 e. The van der Waals surface area contributed by atoms with Gasteiger partial charge in [-0.1, -0.05) is 40.0 Å². The van der Waals surface area contributed by atoms with Crippen LogP contribution in [-0.4, -0.2) is 40.1 Å². The zero-order valence-corrected chi connectivity index (χ0v) is 18.3. The molecule has 0 amide bonds. The predicted octanol–water partition coefficient (Wildman–Crippen LogP) is 5.02. The SMILES string of the molecule is COc1cc(C2OCCO2)c(OCCC(C)CCCC(C)C)cc1C1OCCO1. The van der Waals surface area contributed by atoms with Crippen molar-refractivity contribution in [2.24, 2.45) is 11.8 Å². The minimum atomic E-state index is -0.429.